The number of amides is 2. The number of halogens is 1. The molecule has 2 rings (SSSR count). The number of aryl methyl sites for hydroxylation is 2. The summed E-state index contributed by atoms with van der Waals surface area (Å²) in [6, 6.07) is 10.3. The Morgan fingerprint density at radius 3 is 2.39 bits per heavy atom. The molecule has 2 aromatic carbocycles. The number of rotatable bonds is 8. The number of unbranched alkanes of at least 4 members (excludes halogenated alkanes) is 1. The minimum absolute atomic E-state index is 0.235. The van der Waals surface area contributed by atoms with Gasteiger partial charge in [0, 0.05) is 10.6 Å². The number of hydrogen-bond acceptors (Lipinski definition) is 4. The molecule has 0 unspecified atom stereocenters. The van der Waals surface area contributed by atoms with Gasteiger partial charge >= 0.3 is 0 Å². The molecule has 0 aliphatic heterocycles. The first kappa shape index (κ1) is 21.6. The summed E-state index contributed by atoms with van der Waals surface area (Å²) in [6.07, 6.45) is 1.97. The van der Waals surface area contributed by atoms with E-state index in [0.29, 0.717) is 28.7 Å². The Labute approximate surface area is 170 Å². The molecule has 0 heterocycles. The molecule has 0 saturated carbocycles. The number of benzene rings is 2. The topological polar surface area (TPSA) is 76.7 Å². The molecule has 150 valence electrons. The van der Waals surface area contributed by atoms with Gasteiger partial charge in [0.1, 0.15) is 11.5 Å². The molecular formula is C21H25ClN2O4. The fraction of sp³-hybridized carbons (Fsp3) is 0.333. The molecule has 6 nitrogen and oxygen atoms in total. The second kappa shape index (κ2) is 10.6. The average Bonchev–Trinajstić information content (AvgIpc) is 2.69. The number of ether oxygens (including phenoxy) is 2. The lowest BCUT2D eigenvalue weighted by Crippen LogP contribution is -2.43. The van der Waals surface area contributed by atoms with Crippen LogP contribution in [0.2, 0.25) is 5.02 Å². The van der Waals surface area contributed by atoms with E-state index in [0.717, 1.165) is 24.0 Å². The van der Waals surface area contributed by atoms with Crippen molar-refractivity contribution in [3.05, 3.63) is 58.1 Å². The van der Waals surface area contributed by atoms with Gasteiger partial charge in [-0.05, 0) is 61.7 Å². The number of hydrazine groups is 1. The van der Waals surface area contributed by atoms with Crippen molar-refractivity contribution < 1.29 is 19.1 Å². The van der Waals surface area contributed by atoms with Crippen LogP contribution in [0.1, 0.15) is 41.3 Å². The summed E-state index contributed by atoms with van der Waals surface area (Å²) in [4.78, 5) is 24.1. The van der Waals surface area contributed by atoms with E-state index >= 15 is 0 Å². The van der Waals surface area contributed by atoms with Crippen LogP contribution in [0.5, 0.6) is 11.5 Å². The minimum atomic E-state index is -0.478. The molecule has 0 aliphatic rings. The van der Waals surface area contributed by atoms with Crippen LogP contribution in [-0.2, 0) is 4.79 Å². The molecule has 2 amide bonds. The van der Waals surface area contributed by atoms with Gasteiger partial charge in [0.05, 0.1) is 6.61 Å². The fourth-order valence-electron chi connectivity index (χ4n) is 2.43. The highest BCUT2D eigenvalue weighted by molar-refractivity contribution is 6.32. The van der Waals surface area contributed by atoms with E-state index in [1.165, 1.54) is 0 Å². The molecule has 0 atom stereocenters. The third-order valence-electron chi connectivity index (χ3n) is 3.96. The molecule has 0 aromatic heterocycles. The maximum atomic E-state index is 12.2. The molecule has 2 aromatic rings. The van der Waals surface area contributed by atoms with Crippen molar-refractivity contribution in [2.75, 3.05) is 13.2 Å². The molecule has 0 radical (unpaired) electrons. The first-order valence-electron chi connectivity index (χ1n) is 9.12. The van der Waals surface area contributed by atoms with Gasteiger partial charge in [0.2, 0.25) is 0 Å². The van der Waals surface area contributed by atoms with Gasteiger partial charge in [-0.15, -0.1) is 0 Å². The Morgan fingerprint density at radius 1 is 1.00 bits per heavy atom. The predicted molar refractivity (Wildman–Crippen MR) is 109 cm³/mol. The van der Waals surface area contributed by atoms with E-state index < -0.39 is 11.8 Å². The summed E-state index contributed by atoms with van der Waals surface area (Å²) in [5, 5.41) is 0.671. The minimum Gasteiger partial charge on any atom is -0.494 e. The summed E-state index contributed by atoms with van der Waals surface area (Å²) in [7, 11) is 0. The van der Waals surface area contributed by atoms with E-state index in [2.05, 4.69) is 17.8 Å². The summed E-state index contributed by atoms with van der Waals surface area (Å²) in [5.41, 5.74) is 6.82. The number of carbonyl (C=O) groups is 2. The monoisotopic (exact) mass is 404 g/mol. The number of nitrogens with one attached hydrogen (secondary N) is 2. The zero-order valence-electron chi connectivity index (χ0n) is 16.3. The van der Waals surface area contributed by atoms with Gasteiger partial charge in [-0.2, -0.15) is 0 Å². The van der Waals surface area contributed by atoms with Crippen molar-refractivity contribution in [1.82, 2.24) is 10.9 Å². The summed E-state index contributed by atoms with van der Waals surface area (Å²) < 4.78 is 11.0. The largest absolute Gasteiger partial charge is 0.494 e. The van der Waals surface area contributed by atoms with Crippen molar-refractivity contribution >= 4 is 23.4 Å². The zero-order valence-corrected chi connectivity index (χ0v) is 17.1. The molecule has 0 saturated heterocycles. The van der Waals surface area contributed by atoms with Crippen molar-refractivity contribution in [2.45, 2.75) is 33.6 Å². The molecule has 0 fully saturated rings. The van der Waals surface area contributed by atoms with Gasteiger partial charge in [-0.1, -0.05) is 31.0 Å². The van der Waals surface area contributed by atoms with Crippen molar-refractivity contribution in [3.63, 3.8) is 0 Å². The molecule has 0 aliphatic carbocycles. The van der Waals surface area contributed by atoms with Gasteiger partial charge in [-0.25, -0.2) is 0 Å². The van der Waals surface area contributed by atoms with Crippen LogP contribution in [0.4, 0.5) is 0 Å². The summed E-state index contributed by atoms with van der Waals surface area (Å²) >= 11 is 6.11. The Kier molecular flexibility index (Phi) is 8.14. The normalized spacial score (nSPS) is 10.3. The van der Waals surface area contributed by atoms with E-state index in [1.807, 2.05) is 13.8 Å². The molecule has 7 heteroatoms. The Morgan fingerprint density at radius 2 is 1.71 bits per heavy atom. The maximum Gasteiger partial charge on any atom is 0.276 e. The molecule has 0 bridgehead atoms. The Bertz CT molecular complexity index is 816. The van der Waals surface area contributed by atoms with E-state index in [9.17, 15) is 9.59 Å². The Balaban J connectivity index is 1.82. The van der Waals surface area contributed by atoms with Crippen LogP contribution in [0.3, 0.4) is 0 Å². The summed E-state index contributed by atoms with van der Waals surface area (Å²) in [5.74, 6) is 0.239. The SMILES string of the molecule is CCCCOc1cccc(C(=O)NNC(=O)COc2cc(C)c(Cl)c(C)c2)c1. The van der Waals surface area contributed by atoms with Crippen LogP contribution in [0, 0.1) is 13.8 Å². The molecule has 0 spiro atoms. The van der Waals surface area contributed by atoms with Crippen LogP contribution in [-0.4, -0.2) is 25.0 Å². The van der Waals surface area contributed by atoms with Gasteiger partial charge < -0.3 is 9.47 Å². The van der Waals surface area contributed by atoms with Crippen molar-refractivity contribution in [2.24, 2.45) is 0 Å². The van der Waals surface area contributed by atoms with Crippen LogP contribution >= 0.6 is 11.6 Å². The lowest BCUT2D eigenvalue weighted by Gasteiger charge is -2.11. The predicted octanol–water partition coefficient (Wildman–Crippen LogP) is 3.98. The lowest BCUT2D eigenvalue weighted by molar-refractivity contribution is -0.123. The quantitative estimate of drug-likeness (QED) is 0.515. The first-order chi connectivity index (χ1) is 13.4. The highest BCUT2D eigenvalue weighted by Crippen LogP contribution is 2.25. The van der Waals surface area contributed by atoms with Crippen molar-refractivity contribution in [1.29, 1.82) is 0 Å². The van der Waals surface area contributed by atoms with E-state index in [4.69, 9.17) is 21.1 Å². The molecule has 28 heavy (non-hydrogen) atoms. The van der Waals surface area contributed by atoms with Gasteiger partial charge in [-0.3, -0.25) is 20.4 Å². The second-order valence-corrected chi connectivity index (χ2v) is 6.77. The standard InChI is InChI=1S/C21H25ClN2O4/c1-4-5-9-27-17-8-6-7-16(12-17)21(26)24-23-19(25)13-28-18-10-14(2)20(22)15(3)11-18/h6-8,10-12H,4-5,9,13H2,1-3H3,(H,23,25)(H,24,26). The van der Waals surface area contributed by atoms with Gasteiger partial charge in [0.25, 0.3) is 11.8 Å². The second-order valence-electron chi connectivity index (χ2n) is 6.39. The molecular weight excluding hydrogens is 380 g/mol. The third kappa shape index (κ3) is 6.46. The summed E-state index contributed by atoms with van der Waals surface area (Å²) in [6.45, 7) is 6.17. The number of carbonyl (C=O) groups excluding carboxylic acids is 2. The molecule has 2 N–H and O–H groups in total. The van der Waals surface area contributed by atoms with Crippen LogP contribution in [0.15, 0.2) is 36.4 Å². The van der Waals surface area contributed by atoms with E-state index in [1.54, 1.807) is 36.4 Å². The van der Waals surface area contributed by atoms with Crippen molar-refractivity contribution in [3.8, 4) is 11.5 Å². The highest BCUT2D eigenvalue weighted by Gasteiger charge is 2.10. The number of hydrogen-bond donors (Lipinski definition) is 2. The Hall–Kier alpha value is -2.73. The fourth-order valence-corrected chi connectivity index (χ4v) is 2.54. The highest BCUT2D eigenvalue weighted by atomic mass is 35.5. The zero-order chi connectivity index (χ0) is 20.5. The smallest absolute Gasteiger partial charge is 0.276 e. The first-order valence-corrected chi connectivity index (χ1v) is 9.50. The average molecular weight is 405 g/mol. The van der Waals surface area contributed by atoms with E-state index in [-0.39, 0.29) is 6.61 Å². The van der Waals surface area contributed by atoms with Crippen LogP contribution in [0.25, 0.3) is 0 Å². The van der Waals surface area contributed by atoms with Crippen LogP contribution < -0.4 is 20.3 Å². The third-order valence-corrected chi connectivity index (χ3v) is 4.55. The maximum absolute atomic E-state index is 12.2. The van der Waals surface area contributed by atoms with Gasteiger partial charge in [0.15, 0.2) is 6.61 Å². The lowest BCUT2D eigenvalue weighted by atomic mass is 10.1.